The summed E-state index contributed by atoms with van der Waals surface area (Å²) in [7, 11) is -3.72. The quantitative estimate of drug-likeness (QED) is 0.578. The van der Waals surface area contributed by atoms with Crippen LogP contribution in [-0.2, 0) is 10.0 Å². The van der Waals surface area contributed by atoms with Crippen LogP contribution in [-0.4, -0.2) is 34.4 Å². The van der Waals surface area contributed by atoms with E-state index in [-0.39, 0.29) is 15.4 Å². The number of aryl methyl sites for hydroxylation is 1. The minimum absolute atomic E-state index is 0.0381. The monoisotopic (exact) mass is 447 g/mol. The Labute approximate surface area is 149 Å². The van der Waals surface area contributed by atoms with Crippen LogP contribution < -0.4 is 0 Å². The Morgan fingerprint density at radius 3 is 2.57 bits per heavy atom. The van der Waals surface area contributed by atoms with Crippen molar-refractivity contribution in [2.75, 3.05) is 6.61 Å². The lowest BCUT2D eigenvalue weighted by Gasteiger charge is -2.28. The van der Waals surface area contributed by atoms with E-state index in [1.54, 1.807) is 42.7 Å². The zero-order valence-electron chi connectivity index (χ0n) is 12.6. The summed E-state index contributed by atoms with van der Waals surface area (Å²) < 4.78 is 33.2. The highest BCUT2D eigenvalue weighted by Gasteiger charge is 2.48. The first kappa shape index (κ1) is 16.9. The lowest BCUT2D eigenvalue weighted by molar-refractivity contribution is 0.191. The highest BCUT2D eigenvalue weighted by molar-refractivity contribution is 14.1. The van der Waals surface area contributed by atoms with E-state index in [4.69, 9.17) is 4.42 Å². The van der Waals surface area contributed by atoms with Crippen molar-refractivity contribution in [2.45, 2.75) is 34.2 Å². The number of furan rings is 1. The van der Waals surface area contributed by atoms with Crippen molar-refractivity contribution in [3.63, 3.8) is 0 Å². The maximum Gasteiger partial charge on any atom is 0.244 e. The fraction of sp³-hybridized carbons (Fsp3) is 0.375. The molecule has 0 saturated carbocycles. The Bertz CT molecular complexity index is 758. The Balaban J connectivity index is 2.07. The molecule has 2 heterocycles. The van der Waals surface area contributed by atoms with Crippen LogP contribution in [0.2, 0.25) is 0 Å². The minimum atomic E-state index is -3.72. The Morgan fingerprint density at radius 1 is 1.30 bits per heavy atom. The van der Waals surface area contributed by atoms with Crippen molar-refractivity contribution in [1.29, 1.82) is 0 Å². The number of halogens is 1. The van der Waals surface area contributed by atoms with Gasteiger partial charge in [-0.05, 0) is 37.6 Å². The third-order valence-corrected chi connectivity index (χ3v) is 7.25. The lowest BCUT2D eigenvalue weighted by Crippen LogP contribution is -2.39. The molecular weight excluding hydrogens is 429 g/mol. The fourth-order valence-electron chi connectivity index (χ4n) is 2.98. The molecule has 0 aliphatic carbocycles. The summed E-state index contributed by atoms with van der Waals surface area (Å²) >= 11 is 2.24. The number of sulfonamides is 1. The molecule has 1 fully saturated rings. The molecule has 2 aromatic rings. The van der Waals surface area contributed by atoms with Crippen LogP contribution in [0.3, 0.4) is 0 Å². The van der Waals surface area contributed by atoms with Gasteiger partial charge in [0.05, 0.1) is 29.8 Å². The lowest BCUT2D eigenvalue weighted by atomic mass is 10.1. The molecule has 1 N–H and O–H groups in total. The molecule has 5 nitrogen and oxygen atoms in total. The van der Waals surface area contributed by atoms with E-state index in [1.807, 2.05) is 6.92 Å². The third kappa shape index (κ3) is 3.07. The van der Waals surface area contributed by atoms with Gasteiger partial charge in [-0.15, -0.1) is 0 Å². The highest BCUT2D eigenvalue weighted by atomic mass is 127. The van der Waals surface area contributed by atoms with E-state index in [1.165, 1.54) is 4.31 Å². The first-order valence-electron chi connectivity index (χ1n) is 7.33. The second-order valence-corrected chi connectivity index (χ2v) is 9.14. The zero-order valence-corrected chi connectivity index (χ0v) is 15.6. The number of alkyl halides is 1. The number of benzene rings is 1. The molecule has 0 unspecified atom stereocenters. The fourth-order valence-corrected chi connectivity index (χ4v) is 6.30. The number of rotatable bonds is 4. The standard InChI is InChI=1S/C16H18INO4S/c1-11-4-6-13(7-5-11)23(20,21)18-12(10-19)9-14(17)16(18)15-3-2-8-22-15/h2-8,12,14,16,19H,9-10H2,1H3/t12-,14+,16+/m0/s1. The van der Waals surface area contributed by atoms with Crippen molar-refractivity contribution >= 4 is 32.6 Å². The molecule has 1 aliphatic heterocycles. The van der Waals surface area contributed by atoms with Gasteiger partial charge in [-0.25, -0.2) is 8.42 Å². The topological polar surface area (TPSA) is 70.8 Å². The van der Waals surface area contributed by atoms with Gasteiger partial charge in [-0.3, -0.25) is 0 Å². The maximum atomic E-state index is 13.1. The number of hydrogen-bond donors (Lipinski definition) is 1. The van der Waals surface area contributed by atoms with E-state index in [2.05, 4.69) is 22.6 Å². The Kier molecular flexibility index (Phi) is 4.82. The largest absolute Gasteiger partial charge is 0.468 e. The average Bonchev–Trinajstić information content (AvgIpc) is 3.14. The summed E-state index contributed by atoms with van der Waals surface area (Å²) in [6, 6.07) is 9.46. The molecule has 7 heteroatoms. The van der Waals surface area contributed by atoms with Crippen LogP contribution in [0.1, 0.15) is 23.8 Å². The van der Waals surface area contributed by atoms with Gasteiger partial charge in [0.25, 0.3) is 0 Å². The Morgan fingerprint density at radius 2 is 2.00 bits per heavy atom. The second-order valence-electron chi connectivity index (χ2n) is 5.70. The third-order valence-electron chi connectivity index (χ3n) is 4.12. The summed E-state index contributed by atoms with van der Waals surface area (Å²) in [5.41, 5.74) is 0.999. The van der Waals surface area contributed by atoms with Crippen molar-refractivity contribution in [1.82, 2.24) is 4.31 Å². The molecular formula is C16H18INO4S. The van der Waals surface area contributed by atoms with Gasteiger partial charge in [-0.1, -0.05) is 40.3 Å². The maximum absolute atomic E-state index is 13.1. The van der Waals surface area contributed by atoms with E-state index < -0.39 is 22.1 Å². The predicted octanol–water partition coefficient (Wildman–Crippen LogP) is 2.89. The van der Waals surface area contributed by atoms with E-state index in [9.17, 15) is 13.5 Å². The molecule has 23 heavy (non-hydrogen) atoms. The average molecular weight is 447 g/mol. The molecule has 1 aliphatic rings. The molecule has 1 aromatic carbocycles. The van der Waals surface area contributed by atoms with Crippen LogP contribution in [0.15, 0.2) is 52.0 Å². The molecule has 3 atom stereocenters. The minimum Gasteiger partial charge on any atom is -0.468 e. The molecule has 0 spiro atoms. The predicted molar refractivity (Wildman–Crippen MR) is 95.0 cm³/mol. The molecule has 1 saturated heterocycles. The van der Waals surface area contributed by atoms with Gasteiger partial charge in [0.1, 0.15) is 5.76 Å². The molecule has 0 bridgehead atoms. The van der Waals surface area contributed by atoms with Crippen molar-refractivity contribution in [2.24, 2.45) is 0 Å². The van der Waals surface area contributed by atoms with Gasteiger partial charge in [0, 0.05) is 3.92 Å². The molecule has 3 rings (SSSR count). The number of nitrogens with zero attached hydrogens (tertiary/aromatic N) is 1. The number of aliphatic hydroxyl groups is 1. The van der Waals surface area contributed by atoms with Crippen LogP contribution in [0.25, 0.3) is 0 Å². The first-order chi connectivity index (χ1) is 10.9. The van der Waals surface area contributed by atoms with E-state index in [0.29, 0.717) is 12.2 Å². The van der Waals surface area contributed by atoms with Gasteiger partial charge in [0.2, 0.25) is 10.0 Å². The SMILES string of the molecule is Cc1ccc(S(=O)(=O)N2[C@H](CO)C[C@@H](I)[C@@H]2c2ccco2)cc1. The van der Waals surface area contributed by atoms with E-state index in [0.717, 1.165) is 5.56 Å². The van der Waals surface area contributed by atoms with Gasteiger partial charge in [0.15, 0.2) is 0 Å². The first-order valence-corrected chi connectivity index (χ1v) is 10.0. The molecule has 0 amide bonds. The van der Waals surface area contributed by atoms with Gasteiger partial charge >= 0.3 is 0 Å². The Hall–Kier alpha value is -0.900. The number of hydrogen-bond acceptors (Lipinski definition) is 4. The van der Waals surface area contributed by atoms with Crippen molar-refractivity contribution < 1.29 is 17.9 Å². The van der Waals surface area contributed by atoms with Crippen molar-refractivity contribution in [3.8, 4) is 0 Å². The molecule has 0 radical (unpaired) electrons. The van der Waals surface area contributed by atoms with Crippen LogP contribution in [0.4, 0.5) is 0 Å². The zero-order chi connectivity index (χ0) is 16.6. The van der Waals surface area contributed by atoms with Crippen LogP contribution in [0, 0.1) is 6.92 Å². The van der Waals surface area contributed by atoms with Crippen molar-refractivity contribution in [3.05, 3.63) is 54.0 Å². The second kappa shape index (κ2) is 6.54. The van der Waals surface area contributed by atoms with Gasteiger partial charge in [-0.2, -0.15) is 4.31 Å². The summed E-state index contributed by atoms with van der Waals surface area (Å²) in [6.07, 6.45) is 2.13. The highest BCUT2D eigenvalue weighted by Crippen LogP contribution is 2.44. The van der Waals surface area contributed by atoms with E-state index >= 15 is 0 Å². The van der Waals surface area contributed by atoms with Crippen LogP contribution in [0.5, 0.6) is 0 Å². The van der Waals surface area contributed by atoms with Crippen LogP contribution >= 0.6 is 22.6 Å². The summed E-state index contributed by atoms with van der Waals surface area (Å²) in [5, 5.41) is 9.68. The molecule has 1 aromatic heterocycles. The normalized spacial score (nSPS) is 25.8. The van der Waals surface area contributed by atoms with Gasteiger partial charge < -0.3 is 9.52 Å². The number of aliphatic hydroxyl groups excluding tert-OH is 1. The summed E-state index contributed by atoms with van der Waals surface area (Å²) in [5.74, 6) is 0.607. The smallest absolute Gasteiger partial charge is 0.244 e. The molecule has 124 valence electrons. The summed E-state index contributed by atoms with van der Waals surface area (Å²) in [6.45, 7) is 1.71. The summed E-state index contributed by atoms with van der Waals surface area (Å²) in [4.78, 5) is 0.239.